The van der Waals surface area contributed by atoms with Crippen molar-refractivity contribution >= 4 is 5.91 Å². The number of rotatable bonds is 3. The summed E-state index contributed by atoms with van der Waals surface area (Å²) in [4.78, 5) is 13.5. The molecule has 1 aromatic rings. The van der Waals surface area contributed by atoms with Crippen molar-refractivity contribution in [3.05, 3.63) is 35.9 Å². The molecule has 0 spiro atoms. The molecule has 3 nitrogen and oxygen atoms in total. The molecule has 0 aromatic heterocycles. The largest absolute Gasteiger partial charge is 0.353 e. The van der Waals surface area contributed by atoms with Crippen molar-refractivity contribution in [1.29, 1.82) is 0 Å². The van der Waals surface area contributed by atoms with Crippen LogP contribution in [0.3, 0.4) is 0 Å². The summed E-state index contributed by atoms with van der Waals surface area (Å²) in [5, 5.41) is 6.95. The summed E-state index contributed by atoms with van der Waals surface area (Å²) in [6.07, 6.45) is 7.79. The summed E-state index contributed by atoms with van der Waals surface area (Å²) < 4.78 is 0. The van der Waals surface area contributed by atoms with Crippen LogP contribution in [0.1, 0.15) is 78.2 Å². The van der Waals surface area contributed by atoms with Gasteiger partial charge in [-0.15, -0.1) is 0 Å². The molecular weight excluding hydrogens is 344 g/mol. The Morgan fingerprint density at radius 3 is 2.54 bits per heavy atom. The smallest absolute Gasteiger partial charge is 0.226 e. The fraction of sp³-hybridized carbons (Fsp3) is 0.720. The van der Waals surface area contributed by atoms with Gasteiger partial charge in [0.2, 0.25) is 5.91 Å². The van der Waals surface area contributed by atoms with E-state index in [1.165, 1.54) is 24.8 Å². The first kappa shape index (κ1) is 19.9. The molecule has 5 unspecified atom stereocenters. The summed E-state index contributed by atoms with van der Waals surface area (Å²) in [5.41, 5.74) is 1.67. The molecule has 0 radical (unpaired) electrons. The summed E-state index contributed by atoms with van der Waals surface area (Å²) in [6.45, 7) is 10.3. The Kier molecular flexibility index (Phi) is 5.10. The molecule has 3 aliphatic rings. The van der Waals surface area contributed by atoms with E-state index in [0.717, 1.165) is 32.2 Å². The summed E-state index contributed by atoms with van der Waals surface area (Å²) in [5.74, 6) is 0.941. The van der Waals surface area contributed by atoms with Crippen LogP contribution in [0.25, 0.3) is 0 Å². The normalized spacial score (nSPS) is 39.9. The second-order valence-electron chi connectivity index (χ2n) is 11.3. The predicted octanol–water partition coefficient (Wildman–Crippen LogP) is 4.81. The van der Waals surface area contributed by atoms with E-state index < -0.39 is 0 Å². The zero-order chi connectivity index (χ0) is 20.0. The zero-order valence-corrected chi connectivity index (χ0v) is 18.2. The first-order valence-electron chi connectivity index (χ1n) is 11.3. The topological polar surface area (TPSA) is 41.1 Å². The van der Waals surface area contributed by atoms with Crippen molar-refractivity contribution in [1.82, 2.24) is 10.6 Å². The number of nitrogens with one attached hydrogen (secondary N) is 2. The monoisotopic (exact) mass is 382 g/mol. The lowest BCUT2D eigenvalue weighted by Crippen LogP contribution is -2.56. The molecule has 2 bridgehead atoms. The van der Waals surface area contributed by atoms with E-state index in [0.29, 0.717) is 29.3 Å². The van der Waals surface area contributed by atoms with Crippen LogP contribution < -0.4 is 10.6 Å². The third-order valence-corrected chi connectivity index (χ3v) is 7.70. The Balaban J connectivity index is 1.59. The Morgan fingerprint density at radius 2 is 1.82 bits per heavy atom. The number of carbonyl (C=O) groups excluding carboxylic acids is 1. The van der Waals surface area contributed by atoms with E-state index in [1.54, 1.807) is 0 Å². The number of benzene rings is 1. The van der Waals surface area contributed by atoms with E-state index in [-0.39, 0.29) is 10.8 Å². The minimum atomic E-state index is -0.261. The molecule has 3 heteroatoms. The number of hydrogen-bond donors (Lipinski definition) is 2. The van der Waals surface area contributed by atoms with Gasteiger partial charge in [0.05, 0.1) is 0 Å². The highest BCUT2D eigenvalue weighted by molar-refractivity contribution is 5.83. The van der Waals surface area contributed by atoms with Crippen LogP contribution in [-0.2, 0) is 10.2 Å². The molecule has 2 aliphatic carbocycles. The maximum atomic E-state index is 13.5. The SMILES string of the molecule is CC1CC(NC(=O)C2(C)CC3CC(C)(C)CC(c4ccccc4)(C3)C2)CCN1. The lowest BCUT2D eigenvalue weighted by atomic mass is 9.47. The number of piperidine rings is 1. The molecule has 3 fully saturated rings. The molecule has 1 amide bonds. The fourth-order valence-corrected chi connectivity index (χ4v) is 7.11. The van der Waals surface area contributed by atoms with Gasteiger partial charge in [-0.25, -0.2) is 0 Å². The Morgan fingerprint density at radius 1 is 1.07 bits per heavy atom. The van der Waals surface area contributed by atoms with Crippen molar-refractivity contribution < 1.29 is 4.79 Å². The minimum Gasteiger partial charge on any atom is -0.353 e. The van der Waals surface area contributed by atoms with E-state index in [2.05, 4.69) is 68.7 Å². The van der Waals surface area contributed by atoms with Gasteiger partial charge in [0.25, 0.3) is 0 Å². The highest BCUT2D eigenvalue weighted by Crippen LogP contribution is 2.61. The second kappa shape index (κ2) is 7.16. The van der Waals surface area contributed by atoms with Crippen molar-refractivity contribution in [2.24, 2.45) is 16.7 Å². The van der Waals surface area contributed by atoms with Gasteiger partial charge in [-0.3, -0.25) is 4.79 Å². The predicted molar refractivity (Wildman–Crippen MR) is 115 cm³/mol. The number of hydrogen-bond acceptors (Lipinski definition) is 2. The van der Waals surface area contributed by atoms with Gasteiger partial charge in [0.15, 0.2) is 0 Å². The lowest BCUT2D eigenvalue weighted by molar-refractivity contribution is -0.138. The van der Waals surface area contributed by atoms with Gasteiger partial charge in [-0.1, -0.05) is 51.1 Å². The van der Waals surface area contributed by atoms with Crippen LogP contribution in [0.2, 0.25) is 0 Å². The number of carbonyl (C=O) groups is 1. The molecule has 2 saturated carbocycles. The molecule has 1 heterocycles. The minimum absolute atomic E-state index is 0.138. The molecule has 4 rings (SSSR count). The molecule has 5 atom stereocenters. The third kappa shape index (κ3) is 3.87. The van der Waals surface area contributed by atoms with Crippen molar-refractivity contribution in [3.63, 3.8) is 0 Å². The van der Waals surface area contributed by atoms with Gasteiger partial charge >= 0.3 is 0 Å². The average molecular weight is 383 g/mol. The zero-order valence-electron chi connectivity index (χ0n) is 18.2. The Hall–Kier alpha value is -1.35. The number of amides is 1. The standard InChI is InChI=1S/C25H38N2O/c1-18-12-21(10-11-26-18)27-22(28)24(4)14-19-13-23(2,3)16-25(15-19,17-24)20-8-6-5-7-9-20/h5-9,18-19,21,26H,10-17H2,1-4H3,(H,27,28). The molecule has 154 valence electrons. The third-order valence-electron chi connectivity index (χ3n) is 7.70. The molecule has 1 aromatic carbocycles. The van der Waals surface area contributed by atoms with Crippen LogP contribution in [0.4, 0.5) is 0 Å². The highest BCUT2D eigenvalue weighted by Gasteiger charge is 2.55. The van der Waals surface area contributed by atoms with E-state index >= 15 is 0 Å². The molecule has 28 heavy (non-hydrogen) atoms. The van der Waals surface area contributed by atoms with Crippen LogP contribution >= 0.6 is 0 Å². The number of fused-ring (bicyclic) bond motifs is 2. The molecular formula is C25H38N2O. The van der Waals surface area contributed by atoms with Crippen molar-refractivity contribution in [3.8, 4) is 0 Å². The maximum Gasteiger partial charge on any atom is 0.226 e. The molecule has 2 N–H and O–H groups in total. The van der Waals surface area contributed by atoms with Crippen molar-refractivity contribution in [2.45, 2.75) is 90.1 Å². The van der Waals surface area contributed by atoms with Crippen LogP contribution in [0.5, 0.6) is 0 Å². The van der Waals surface area contributed by atoms with E-state index in [4.69, 9.17) is 0 Å². The van der Waals surface area contributed by atoms with Crippen molar-refractivity contribution in [2.75, 3.05) is 6.54 Å². The molecule has 1 aliphatic heterocycles. The maximum absolute atomic E-state index is 13.5. The molecule has 1 saturated heterocycles. The first-order valence-corrected chi connectivity index (χ1v) is 11.3. The summed E-state index contributed by atoms with van der Waals surface area (Å²) in [6, 6.07) is 11.9. The average Bonchev–Trinajstić information content (AvgIpc) is 2.60. The van der Waals surface area contributed by atoms with Crippen LogP contribution in [0, 0.1) is 16.7 Å². The quantitative estimate of drug-likeness (QED) is 0.788. The lowest BCUT2D eigenvalue weighted by Gasteiger charge is -2.57. The van der Waals surface area contributed by atoms with Gasteiger partial charge < -0.3 is 10.6 Å². The van der Waals surface area contributed by atoms with Gasteiger partial charge in [0.1, 0.15) is 0 Å². The summed E-state index contributed by atoms with van der Waals surface area (Å²) >= 11 is 0. The van der Waals surface area contributed by atoms with E-state index in [9.17, 15) is 4.79 Å². The summed E-state index contributed by atoms with van der Waals surface area (Å²) in [7, 11) is 0. The van der Waals surface area contributed by atoms with Crippen LogP contribution in [0.15, 0.2) is 30.3 Å². The Bertz CT molecular complexity index is 715. The van der Waals surface area contributed by atoms with Gasteiger partial charge in [-0.05, 0) is 80.7 Å². The second-order valence-corrected chi connectivity index (χ2v) is 11.3. The van der Waals surface area contributed by atoms with Crippen LogP contribution in [-0.4, -0.2) is 24.5 Å². The fourth-order valence-electron chi connectivity index (χ4n) is 7.11. The first-order chi connectivity index (χ1) is 13.2. The Labute approximate surface area is 171 Å². The van der Waals surface area contributed by atoms with E-state index in [1.807, 2.05) is 0 Å². The highest BCUT2D eigenvalue weighted by atomic mass is 16.2. The van der Waals surface area contributed by atoms with Gasteiger partial charge in [0, 0.05) is 17.5 Å². The van der Waals surface area contributed by atoms with Gasteiger partial charge in [-0.2, -0.15) is 0 Å².